The van der Waals surface area contributed by atoms with E-state index < -0.39 is 0 Å². The third kappa shape index (κ3) is 16.9. The molecule has 202 valence electrons. The minimum atomic E-state index is -0.183. The zero-order valence-electron chi connectivity index (χ0n) is 21.5. The van der Waals surface area contributed by atoms with Crippen molar-refractivity contribution in [3.63, 3.8) is 0 Å². The number of hydrogen-bond donors (Lipinski definition) is 3. The molecule has 0 aliphatic rings. The molecule has 0 aliphatic heterocycles. The van der Waals surface area contributed by atoms with Gasteiger partial charge < -0.3 is 40.1 Å². The molecule has 1 rings (SSSR count). The maximum Gasteiger partial charge on any atom is 0.251 e. The van der Waals surface area contributed by atoms with Crippen LogP contribution in [0.4, 0.5) is 0 Å². The molecule has 2 amide bonds. The van der Waals surface area contributed by atoms with Crippen molar-refractivity contribution in [3.05, 3.63) is 29.8 Å². The van der Waals surface area contributed by atoms with Crippen molar-refractivity contribution in [2.45, 2.75) is 32.8 Å². The van der Waals surface area contributed by atoms with E-state index in [0.717, 1.165) is 0 Å². The van der Waals surface area contributed by atoms with Gasteiger partial charge in [-0.2, -0.15) is 0 Å². The summed E-state index contributed by atoms with van der Waals surface area (Å²) in [5.74, 6) is 5.93. The van der Waals surface area contributed by atoms with Gasteiger partial charge in [0.05, 0.1) is 39.1 Å². The van der Waals surface area contributed by atoms with E-state index in [1.165, 1.54) is 0 Å². The number of carbonyl (C=O) groups is 2. The summed E-state index contributed by atoms with van der Waals surface area (Å²) in [5.41, 5.74) is 5.93. The van der Waals surface area contributed by atoms with Gasteiger partial charge in [-0.3, -0.25) is 9.59 Å². The third-order valence-corrected chi connectivity index (χ3v) is 4.62. The van der Waals surface area contributed by atoms with Crippen molar-refractivity contribution in [2.24, 2.45) is 5.73 Å². The van der Waals surface area contributed by atoms with Gasteiger partial charge in [0.15, 0.2) is 0 Å². The van der Waals surface area contributed by atoms with Gasteiger partial charge in [-0.1, -0.05) is 12.0 Å². The highest BCUT2D eigenvalue weighted by molar-refractivity contribution is 5.94. The van der Waals surface area contributed by atoms with E-state index in [2.05, 4.69) is 22.5 Å². The van der Waals surface area contributed by atoms with Gasteiger partial charge >= 0.3 is 0 Å². The summed E-state index contributed by atoms with van der Waals surface area (Å²) in [4.78, 5) is 23.7. The third-order valence-electron chi connectivity index (χ3n) is 4.62. The lowest BCUT2D eigenvalue weighted by atomic mass is 10.2. The van der Waals surface area contributed by atoms with Gasteiger partial charge in [0.2, 0.25) is 5.91 Å². The first-order valence-corrected chi connectivity index (χ1v) is 12.3. The SMILES string of the molecule is CC#CCOCCNC(=O)CCCOCCOCCOC(C)COc1cccc(C(=O)NCCN)c1. The fourth-order valence-electron chi connectivity index (χ4n) is 2.79. The Morgan fingerprint density at radius 1 is 1.00 bits per heavy atom. The molecule has 1 aromatic rings. The number of nitrogens with one attached hydrogen (secondary N) is 2. The quantitative estimate of drug-likeness (QED) is 0.167. The van der Waals surface area contributed by atoms with Crippen molar-refractivity contribution in [1.29, 1.82) is 0 Å². The van der Waals surface area contributed by atoms with Gasteiger partial charge in [0.25, 0.3) is 5.91 Å². The van der Waals surface area contributed by atoms with Crippen molar-refractivity contribution in [2.75, 3.05) is 72.5 Å². The fourth-order valence-corrected chi connectivity index (χ4v) is 2.79. The van der Waals surface area contributed by atoms with Crippen molar-refractivity contribution >= 4 is 11.8 Å². The number of benzene rings is 1. The summed E-state index contributed by atoms with van der Waals surface area (Å²) in [6, 6.07) is 6.97. The van der Waals surface area contributed by atoms with Crippen LogP contribution in [-0.4, -0.2) is 90.4 Å². The maximum atomic E-state index is 12.0. The standard InChI is InChI=1S/C26H41N3O7/c1-3-4-13-32-15-12-28-25(30)9-6-14-33-16-17-34-18-19-35-22(2)21-36-24-8-5-7-23(20-24)26(31)29-11-10-27/h5,7-8,20,22H,6,9-19,21,27H2,1-2H3,(H,28,30)(H,29,31). The van der Waals surface area contributed by atoms with E-state index in [-0.39, 0.29) is 17.9 Å². The highest BCUT2D eigenvalue weighted by Crippen LogP contribution is 2.14. The minimum Gasteiger partial charge on any atom is -0.491 e. The van der Waals surface area contributed by atoms with Gasteiger partial charge in [-0.05, 0) is 38.5 Å². The molecule has 0 bridgehead atoms. The van der Waals surface area contributed by atoms with Crippen LogP contribution in [0.3, 0.4) is 0 Å². The first-order valence-electron chi connectivity index (χ1n) is 12.3. The molecule has 0 radical (unpaired) electrons. The summed E-state index contributed by atoms with van der Waals surface area (Å²) >= 11 is 0. The molecule has 1 unspecified atom stereocenters. The van der Waals surface area contributed by atoms with Crippen LogP contribution in [0.5, 0.6) is 5.75 Å². The van der Waals surface area contributed by atoms with E-state index in [1.807, 2.05) is 6.92 Å². The molecular formula is C26H41N3O7. The lowest BCUT2D eigenvalue weighted by Gasteiger charge is -2.15. The number of carbonyl (C=O) groups excluding carboxylic acids is 2. The van der Waals surface area contributed by atoms with Crippen LogP contribution in [0.1, 0.15) is 37.0 Å². The van der Waals surface area contributed by atoms with Gasteiger partial charge in [-0.25, -0.2) is 0 Å². The number of hydrogen-bond acceptors (Lipinski definition) is 8. The predicted octanol–water partition coefficient (Wildman–Crippen LogP) is 1.13. The molecule has 0 fully saturated rings. The van der Waals surface area contributed by atoms with Crippen LogP contribution >= 0.6 is 0 Å². The number of rotatable bonds is 21. The Labute approximate surface area is 214 Å². The molecule has 0 aliphatic carbocycles. The van der Waals surface area contributed by atoms with E-state index >= 15 is 0 Å². The molecule has 0 aromatic heterocycles. The summed E-state index contributed by atoms with van der Waals surface area (Å²) < 4.78 is 27.6. The van der Waals surface area contributed by atoms with Crippen molar-refractivity contribution in [3.8, 4) is 17.6 Å². The molecule has 10 heteroatoms. The summed E-state index contributed by atoms with van der Waals surface area (Å²) in [7, 11) is 0. The van der Waals surface area contributed by atoms with E-state index in [1.54, 1.807) is 31.2 Å². The molecule has 10 nitrogen and oxygen atoms in total. The second-order valence-corrected chi connectivity index (χ2v) is 7.72. The molecule has 0 spiro atoms. The highest BCUT2D eigenvalue weighted by atomic mass is 16.6. The Kier molecular flexibility index (Phi) is 18.8. The van der Waals surface area contributed by atoms with Crippen molar-refractivity contribution < 1.29 is 33.3 Å². The minimum absolute atomic E-state index is 0.0176. The second-order valence-electron chi connectivity index (χ2n) is 7.72. The molecular weight excluding hydrogens is 466 g/mol. The highest BCUT2D eigenvalue weighted by Gasteiger charge is 2.08. The Hall–Kier alpha value is -2.68. The molecule has 1 atom stereocenters. The molecule has 1 aromatic carbocycles. The Bertz CT molecular complexity index is 795. The van der Waals surface area contributed by atoms with Gasteiger partial charge in [-0.15, -0.1) is 5.92 Å². The zero-order valence-corrected chi connectivity index (χ0v) is 21.5. The first-order chi connectivity index (χ1) is 17.6. The van der Waals surface area contributed by atoms with Crippen LogP contribution in [0.2, 0.25) is 0 Å². The predicted molar refractivity (Wildman–Crippen MR) is 137 cm³/mol. The lowest BCUT2D eigenvalue weighted by Crippen LogP contribution is -2.29. The van der Waals surface area contributed by atoms with Crippen LogP contribution in [0, 0.1) is 11.8 Å². The number of nitrogens with two attached hydrogens (primary N) is 1. The largest absolute Gasteiger partial charge is 0.491 e. The molecule has 0 saturated carbocycles. The average Bonchev–Trinajstić information content (AvgIpc) is 2.89. The van der Waals surface area contributed by atoms with E-state index in [9.17, 15) is 9.59 Å². The van der Waals surface area contributed by atoms with Crippen LogP contribution in [-0.2, 0) is 23.7 Å². The topological polar surface area (TPSA) is 130 Å². The normalized spacial score (nSPS) is 11.3. The summed E-state index contributed by atoms with van der Waals surface area (Å²) in [6.45, 7) is 8.44. The first kappa shape index (κ1) is 31.4. The van der Waals surface area contributed by atoms with Crippen molar-refractivity contribution in [1.82, 2.24) is 10.6 Å². The average molecular weight is 508 g/mol. The van der Waals surface area contributed by atoms with E-state index in [4.69, 9.17) is 29.4 Å². The lowest BCUT2D eigenvalue weighted by molar-refractivity contribution is -0.121. The fraction of sp³-hybridized carbons (Fsp3) is 0.615. The summed E-state index contributed by atoms with van der Waals surface area (Å²) in [6.07, 6.45) is 0.924. The Morgan fingerprint density at radius 2 is 1.78 bits per heavy atom. The Morgan fingerprint density at radius 3 is 2.56 bits per heavy atom. The Balaban J connectivity index is 1.96. The van der Waals surface area contributed by atoms with Crippen LogP contribution in [0.25, 0.3) is 0 Å². The number of amides is 2. The molecule has 0 heterocycles. The van der Waals surface area contributed by atoms with Gasteiger partial charge in [0, 0.05) is 38.2 Å². The maximum absolute atomic E-state index is 12.0. The van der Waals surface area contributed by atoms with Crippen LogP contribution in [0.15, 0.2) is 24.3 Å². The van der Waals surface area contributed by atoms with Gasteiger partial charge in [0.1, 0.15) is 19.0 Å². The molecule has 4 N–H and O–H groups in total. The molecule has 0 saturated heterocycles. The van der Waals surface area contributed by atoms with Crippen LogP contribution < -0.4 is 21.1 Å². The second kappa shape index (κ2) is 21.6. The zero-order chi connectivity index (χ0) is 26.3. The molecule has 36 heavy (non-hydrogen) atoms. The monoisotopic (exact) mass is 507 g/mol. The number of ether oxygens (including phenoxy) is 5. The van der Waals surface area contributed by atoms with E-state index in [0.29, 0.717) is 96.6 Å². The summed E-state index contributed by atoms with van der Waals surface area (Å²) in [5, 5.41) is 5.52. The smallest absolute Gasteiger partial charge is 0.251 e.